The maximum atomic E-state index is 12.9. The maximum absolute atomic E-state index is 12.9. The van der Waals surface area contributed by atoms with Gasteiger partial charge in [0.25, 0.3) is 0 Å². The van der Waals surface area contributed by atoms with Gasteiger partial charge in [0, 0.05) is 12.7 Å². The molecule has 1 aromatic heterocycles. The number of hydrogen-bond donors (Lipinski definition) is 1. The highest BCUT2D eigenvalue weighted by atomic mass is 19.4. The van der Waals surface area contributed by atoms with Gasteiger partial charge in [0.2, 0.25) is 0 Å². The Morgan fingerprint density at radius 3 is 2.83 bits per heavy atom. The summed E-state index contributed by atoms with van der Waals surface area (Å²) in [6.45, 7) is 0.889. The van der Waals surface area contributed by atoms with Gasteiger partial charge in [-0.25, -0.2) is 0 Å². The van der Waals surface area contributed by atoms with E-state index in [0.717, 1.165) is 37.4 Å². The van der Waals surface area contributed by atoms with Gasteiger partial charge in [0.05, 0.1) is 0 Å². The second kappa shape index (κ2) is 6.32. The Morgan fingerprint density at radius 2 is 2.09 bits per heavy atom. The SMILES string of the molecule is CNC[C@@H]1CCCc2c(-c3ccnc(C(F)(F)F)c3)cccc21. The number of rotatable bonds is 3. The molecule has 5 heteroatoms. The molecular weight excluding hydrogens is 301 g/mol. The standard InChI is InChI=1S/C18H19F3N2/c1-22-11-13-4-2-7-16-14(5-3-6-15(13)16)12-8-9-23-17(10-12)18(19,20)21/h3,5-6,8-10,13,22H,2,4,7,11H2,1H3/t13-/m0/s1. The van der Waals surface area contributed by atoms with E-state index < -0.39 is 11.9 Å². The molecule has 1 N–H and O–H groups in total. The highest BCUT2D eigenvalue weighted by molar-refractivity contribution is 5.69. The molecule has 2 aromatic rings. The minimum Gasteiger partial charge on any atom is -0.319 e. The molecule has 0 saturated carbocycles. The quantitative estimate of drug-likeness (QED) is 0.906. The maximum Gasteiger partial charge on any atom is 0.433 e. The van der Waals surface area contributed by atoms with E-state index in [0.29, 0.717) is 11.5 Å². The highest BCUT2D eigenvalue weighted by Gasteiger charge is 2.32. The minimum atomic E-state index is -4.42. The number of hydrogen-bond acceptors (Lipinski definition) is 2. The zero-order valence-corrected chi connectivity index (χ0v) is 13.0. The number of fused-ring (bicyclic) bond motifs is 1. The van der Waals surface area contributed by atoms with Gasteiger partial charge in [-0.05, 0) is 66.6 Å². The van der Waals surface area contributed by atoms with Crippen molar-refractivity contribution in [2.75, 3.05) is 13.6 Å². The van der Waals surface area contributed by atoms with Gasteiger partial charge in [0.15, 0.2) is 0 Å². The summed E-state index contributed by atoms with van der Waals surface area (Å²) in [5.41, 5.74) is 3.09. The normalized spacial score (nSPS) is 17.8. The van der Waals surface area contributed by atoms with E-state index in [9.17, 15) is 13.2 Å². The fourth-order valence-corrected chi connectivity index (χ4v) is 3.43. The van der Waals surface area contributed by atoms with Gasteiger partial charge >= 0.3 is 6.18 Å². The first kappa shape index (κ1) is 16.0. The third kappa shape index (κ3) is 3.24. The number of aromatic nitrogens is 1. The second-order valence-corrected chi connectivity index (χ2v) is 5.95. The van der Waals surface area contributed by atoms with E-state index >= 15 is 0 Å². The molecule has 0 fully saturated rings. The van der Waals surface area contributed by atoms with Gasteiger partial charge in [-0.2, -0.15) is 13.2 Å². The summed E-state index contributed by atoms with van der Waals surface area (Å²) in [7, 11) is 1.93. The lowest BCUT2D eigenvalue weighted by molar-refractivity contribution is -0.141. The molecule has 0 spiro atoms. The van der Waals surface area contributed by atoms with Crippen LogP contribution in [0.1, 0.15) is 35.6 Å². The van der Waals surface area contributed by atoms with Crippen LogP contribution in [0.2, 0.25) is 0 Å². The summed E-state index contributed by atoms with van der Waals surface area (Å²) in [5.74, 6) is 0.424. The topological polar surface area (TPSA) is 24.9 Å². The second-order valence-electron chi connectivity index (χ2n) is 5.95. The summed E-state index contributed by atoms with van der Waals surface area (Å²) < 4.78 is 38.7. The van der Waals surface area contributed by atoms with Crippen LogP contribution in [0.15, 0.2) is 36.5 Å². The molecule has 0 saturated heterocycles. The lowest BCUT2D eigenvalue weighted by atomic mass is 9.79. The summed E-state index contributed by atoms with van der Waals surface area (Å²) >= 11 is 0. The average molecular weight is 320 g/mol. The Morgan fingerprint density at radius 1 is 1.26 bits per heavy atom. The lowest BCUT2D eigenvalue weighted by Crippen LogP contribution is -2.21. The van der Waals surface area contributed by atoms with Crippen LogP contribution >= 0.6 is 0 Å². The Hall–Kier alpha value is -1.88. The van der Waals surface area contributed by atoms with Crippen LogP contribution < -0.4 is 5.32 Å². The third-order valence-corrected chi connectivity index (χ3v) is 4.44. The number of benzene rings is 1. The third-order valence-electron chi connectivity index (χ3n) is 4.44. The predicted octanol–water partition coefficient (Wildman–Crippen LogP) is 4.41. The smallest absolute Gasteiger partial charge is 0.319 e. The first-order valence-corrected chi connectivity index (χ1v) is 7.80. The van der Waals surface area contributed by atoms with Gasteiger partial charge in [0.1, 0.15) is 5.69 Å². The molecule has 1 aromatic carbocycles. The van der Waals surface area contributed by atoms with Crippen molar-refractivity contribution >= 4 is 0 Å². The molecule has 122 valence electrons. The number of nitrogens with one attached hydrogen (secondary N) is 1. The fraction of sp³-hybridized carbons (Fsp3) is 0.389. The summed E-state index contributed by atoms with van der Waals surface area (Å²) in [5, 5.41) is 3.21. The van der Waals surface area contributed by atoms with Crippen molar-refractivity contribution in [2.24, 2.45) is 0 Å². The van der Waals surface area contributed by atoms with Crippen LogP contribution in [0.5, 0.6) is 0 Å². The number of nitrogens with zero attached hydrogens (tertiary/aromatic N) is 1. The summed E-state index contributed by atoms with van der Waals surface area (Å²) in [4.78, 5) is 3.46. The van der Waals surface area contributed by atoms with Crippen LogP contribution in [0.4, 0.5) is 13.2 Å². The zero-order valence-electron chi connectivity index (χ0n) is 13.0. The number of likely N-dealkylation sites (N-methyl/N-ethyl adjacent to an activating group) is 1. The zero-order chi connectivity index (χ0) is 16.4. The van der Waals surface area contributed by atoms with Crippen molar-refractivity contribution in [1.82, 2.24) is 10.3 Å². The van der Waals surface area contributed by atoms with E-state index in [1.807, 2.05) is 19.2 Å². The fourth-order valence-electron chi connectivity index (χ4n) is 3.43. The molecule has 1 atom stereocenters. The van der Waals surface area contributed by atoms with E-state index in [1.165, 1.54) is 17.3 Å². The predicted molar refractivity (Wildman–Crippen MR) is 84.3 cm³/mol. The van der Waals surface area contributed by atoms with Gasteiger partial charge in [-0.3, -0.25) is 4.98 Å². The summed E-state index contributed by atoms with van der Waals surface area (Å²) in [6.07, 6.45) is -0.0879. The molecule has 0 amide bonds. The monoisotopic (exact) mass is 320 g/mol. The largest absolute Gasteiger partial charge is 0.433 e. The van der Waals surface area contributed by atoms with Crippen LogP contribution in [0, 0.1) is 0 Å². The van der Waals surface area contributed by atoms with Crippen molar-refractivity contribution in [2.45, 2.75) is 31.4 Å². The van der Waals surface area contributed by atoms with Crippen LogP contribution in [-0.4, -0.2) is 18.6 Å². The van der Waals surface area contributed by atoms with E-state index in [-0.39, 0.29) is 0 Å². The molecule has 0 radical (unpaired) electrons. The van der Waals surface area contributed by atoms with E-state index in [4.69, 9.17) is 0 Å². The van der Waals surface area contributed by atoms with E-state index in [2.05, 4.69) is 16.4 Å². The lowest BCUT2D eigenvalue weighted by Gasteiger charge is -2.27. The van der Waals surface area contributed by atoms with Crippen molar-refractivity contribution in [1.29, 1.82) is 0 Å². The van der Waals surface area contributed by atoms with Crippen LogP contribution in [0.25, 0.3) is 11.1 Å². The van der Waals surface area contributed by atoms with Crippen molar-refractivity contribution < 1.29 is 13.2 Å². The Bertz CT molecular complexity index is 695. The molecule has 1 aliphatic carbocycles. The highest BCUT2D eigenvalue weighted by Crippen LogP contribution is 2.38. The molecular formula is C18H19F3N2. The minimum absolute atomic E-state index is 0.424. The molecule has 23 heavy (non-hydrogen) atoms. The van der Waals surface area contributed by atoms with Crippen molar-refractivity contribution in [3.05, 3.63) is 53.3 Å². The van der Waals surface area contributed by atoms with Crippen LogP contribution in [-0.2, 0) is 12.6 Å². The first-order chi connectivity index (χ1) is 11.0. The molecule has 0 aliphatic heterocycles. The molecule has 0 bridgehead atoms. The van der Waals surface area contributed by atoms with Gasteiger partial charge < -0.3 is 5.32 Å². The van der Waals surface area contributed by atoms with Gasteiger partial charge in [-0.1, -0.05) is 18.2 Å². The number of pyridine rings is 1. The molecule has 0 unspecified atom stereocenters. The van der Waals surface area contributed by atoms with Crippen molar-refractivity contribution in [3.63, 3.8) is 0 Å². The average Bonchev–Trinajstić information content (AvgIpc) is 2.54. The number of halogens is 3. The van der Waals surface area contributed by atoms with Crippen molar-refractivity contribution in [3.8, 4) is 11.1 Å². The Kier molecular flexibility index (Phi) is 4.39. The van der Waals surface area contributed by atoms with Crippen LogP contribution in [0.3, 0.4) is 0 Å². The Labute approximate surface area is 133 Å². The number of alkyl halides is 3. The molecule has 1 heterocycles. The summed E-state index contributed by atoms with van der Waals surface area (Å²) in [6, 6.07) is 8.77. The van der Waals surface area contributed by atoms with Gasteiger partial charge in [-0.15, -0.1) is 0 Å². The molecule has 2 nitrogen and oxygen atoms in total. The molecule has 3 rings (SSSR count). The Balaban J connectivity index is 2.06. The molecule has 1 aliphatic rings. The first-order valence-electron chi connectivity index (χ1n) is 7.80. The van der Waals surface area contributed by atoms with E-state index in [1.54, 1.807) is 6.07 Å².